The van der Waals surface area contributed by atoms with Gasteiger partial charge in [0.15, 0.2) is 11.9 Å². The Kier molecular flexibility index (Phi) is 7.90. The van der Waals surface area contributed by atoms with Crippen molar-refractivity contribution in [2.24, 2.45) is 5.10 Å². The van der Waals surface area contributed by atoms with E-state index in [0.717, 1.165) is 12.4 Å². The van der Waals surface area contributed by atoms with E-state index < -0.39 is 52.7 Å². The van der Waals surface area contributed by atoms with Gasteiger partial charge in [0.1, 0.15) is 17.3 Å². The van der Waals surface area contributed by atoms with Gasteiger partial charge >= 0.3 is 18.3 Å². The minimum absolute atomic E-state index is 0.00246. The monoisotopic (exact) mass is 606 g/mol. The summed E-state index contributed by atoms with van der Waals surface area (Å²) in [4.78, 5) is 28.4. The van der Waals surface area contributed by atoms with Crippen LogP contribution in [0.4, 0.5) is 30.7 Å². The number of aromatic amines is 1. The topological polar surface area (TPSA) is 96.4 Å². The fraction of sp³-hybridized carbons (Fsp3) is 0.250. The number of imidazole rings is 1. The van der Waals surface area contributed by atoms with Crippen molar-refractivity contribution in [3.63, 3.8) is 0 Å². The quantitative estimate of drug-likeness (QED) is 0.189. The molecular formula is C28H21F7N6O2. The molecule has 224 valence electrons. The molecule has 4 aromatic rings. The van der Waals surface area contributed by atoms with Gasteiger partial charge in [-0.1, -0.05) is 19.1 Å². The second-order valence-electron chi connectivity index (χ2n) is 9.44. The van der Waals surface area contributed by atoms with Gasteiger partial charge in [-0.25, -0.2) is 24.1 Å². The Morgan fingerprint density at radius 2 is 1.74 bits per heavy atom. The molecule has 8 nitrogen and oxygen atoms in total. The molecule has 0 fully saturated rings. The fourth-order valence-electron chi connectivity index (χ4n) is 4.40. The van der Waals surface area contributed by atoms with Crippen LogP contribution in [0.5, 0.6) is 0 Å². The van der Waals surface area contributed by atoms with Gasteiger partial charge in [0.05, 0.1) is 41.8 Å². The molecule has 1 aliphatic rings. The lowest BCUT2D eigenvalue weighted by Gasteiger charge is -2.29. The highest BCUT2D eigenvalue weighted by Gasteiger charge is 2.39. The van der Waals surface area contributed by atoms with E-state index in [4.69, 9.17) is 4.74 Å². The number of nitrogens with zero attached hydrogens (tertiary/aromatic N) is 5. The minimum Gasteiger partial charge on any atom is -0.464 e. The Morgan fingerprint density at radius 1 is 1.02 bits per heavy atom. The van der Waals surface area contributed by atoms with Crippen LogP contribution < -0.4 is 0 Å². The number of H-pyrrole nitrogens is 1. The zero-order valence-corrected chi connectivity index (χ0v) is 22.2. The number of aromatic nitrogens is 4. The molecule has 1 aliphatic heterocycles. The Morgan fingerprint density at radius 3 is 2.40 bits per heavy atom. The first-order valence-electron chi connectivity index (χ1n) is 12.8. The van der Waals surface area contributed by atoms with Crippen molar-refractivity contribution >= 4 is 12.2 Å². The van der Waals surface area contributed by atoms with Crippen LogP contribution in [0, 0.1) is 5.82 Å². The highest BCUT2D eigenvalue weighted by atomic mass is 19.4. The van der Waals surface area contributed by atoms with Gasteiger partial charge in [-0.2, -0.15) is 31.4 Å². The molecule has 2 aromatic carbocycles. The van der Waals surface area contributed by atoms with Crippen LogP contribution in [0.25, 0.3) is 22.8 Å². The first-order valence-corrected chi connectivity index (χ1v) is 12.8. The zero-order chi connectivity index (χ0) is 30.9. The molecule has 0 spiro atoms. The Bertz CT molecular complexity index is 1670. The summed E-state index contributed by atoms with van der Waals surface area (Å²) in [5.41, 5.74) is -2.48. The average Bonchev–Trinajstić information content (AvgIpc) is 3.39. The maximum atomic E-state index is 14.3. The molecule has 0 radical (unpaired) electrons. The van der Waals surface area contributed by atoms with Crippen molar-refractivity contribution in [2.75, 3.05) is 6.61 Å². The number of fused-ring (bicyclic) bond motifs is 1. The third-order valence-electron chi connectivity index (χ3n) is 6.44. The number of hydrogen-bond donors (Lipinski definition) is 1. The molecule has 15 heteroatoms. The van der Waals surface area contributed by atoms with Gasteiger partial charge in [-0.15, -0.1) is 0 Å². The van der Waals surface area contributed by atoms with Gasteiger partial charge in [-0.3, -0.25) is 5.01 Å². The third-order valence-corrected chi connectivity index (χ3v) is 6.44. The summed E-state index contributed by atoms with van der Waals surface area (Å²) in [6.07, 6.45) is -6.10. The molecule has 43 heavy (non-hydrogen) atoms. The number of benzene rings is 2. The normalized spacial score (nSPS) is 14.0. The van der Waals surface area contributed by atoms with Crippen LogP contribution in [0.15, 0.2) is 60.0 Å². The first kappa shape index (κ1) is 29.7. The van der Waals surface area contributed by atoms with Crippen molar-refractivity contribution in [2.45, 2.75) is 38.3 Å². The zero-order valence-electron chi connectivity index (χ0n) is 22.2. The second-order valence-corrected chi connectivity index (χ2v) is 9.44. The molecule has 0 amide bonds. The Balaban J connectivity index is 1.47. The highest BCUT2D eigenvalue weighted by Crippen LogP contribution is 2.40. The van der Waals surface area contributed by atoms with Gasteiger partial charge in [0.25, 0.3) is 0 Å². The van der Waals surface area contributed by atoms with E-state index >= 15 is 0 Å². The molecule has 2 aromatic heterocycles. The van der Waals surface area contributed by atoms with Crippen LogP contribution in [-0.2, 0) is 28.4 Å². The first-order chi connectivity index (χ1) is 20.4. The maximum absolute atomic E-state index is 14.3. The van der Waals surface area contributed by atoms with E-state index in [9.17, 15) is 35.5 Å². The van der Waals surface area contributed by atoms with Crippen LogP contribution in [0.2, 0.25) is 0 Å². The molecule has 1 unspecified atom stereocenters. The number of esters is 1. The lowest BCUT2D eigenvalue weighted by molar-refractivity contribution is -0.151. The van der Waals surface area contributed by atoms with Crippen molar-refractivity contribution in [1.29, 1.82) is 0 Å². The predicted octanol–water partition coefficient (Wildman–Crippen LogP) is 6.55. The lowest BCUT2D eigenvalue weighted by Crippen LogP contribution is -2.33. The molecule has 1 atom stereocenters. The minimum atomic E-state index is -5.13. The number of carbonyl (C=O) groups excluding carboxylic acids is 1. The standard InChI is InChI=1S/C28H21F7N6O2/c1-2-9-43-26(42)23(41-14-22-21(13-38-41)39-25(40-22)18-5-3-4-6-20(18)29)15-11-36-24(37-12-15)17-8-7-16(27(30,31)32)10-19(17)28(33,34)35/h3-8,10-13,23H,2,9,14H2,1H3,(H,39,40). The number of alkyl halides is 6. The Labute approximate surface area is 239 Å². The number of carbonyl (C=O) groups is 1. The van der Waals surface area contributed by atoms with Crippen molar-refractivity contribution < 1.29 is 40.3 Å². The molecule has 0 saturated heterocycles. The molecule has 5 rings (SSSR count). The number of ether oxygens (including phenoxy) is 1. The smallest absolute Gasteiger partial charge is 0.417 e. The molecule has 0 bridgehead atoms. The maximum Gasteiger partial charge on any atom is 0.417 e. The molecule has 0 aliphatic carbocycles. The van der Waals surface area contributed by atoms with Crippen molar-refractivity contribution in [3.05, 3.63) is 88.8 Å². The molecule has 1 N–H and O–H groups in total. The van der Waals surface area contributed by atoms with E-state index in [1.807, 2.05) is 0 Å². The molecule has 3 heterocycles. The third kappa shape index (κ3) is 6.20. The summed E-state index contributed by atoms with van der Waals surface area (Å²) in [6, 6.07) is 5.90. The predicted molar refractivity (Wildman–Crippen MR) is 139 cm³/mol. The number of nitrogens with one attached hydrogen (secondary N) is 1. The molecule has 0 saturated carbocycles. The van der Waals surface area contributed by atoms with Gasteiger partial charge in [0, 0.05) is 23.5 Å². The summed E-state index contributed by atoms with van der Waals surface area (Å²) in [5, 5.41) is 5.61. The van der Waals surface area contributed by atoms with Crippen molar-refractivity contribution in [3.8, 4) is 22.8 Å². The number of hydrazone groups is 1. The lowest BCUT2D eigenvalue weighted by atomic mass is 10.0. The average molecular weight is 607 g/mol. The van der Waals surface area contributed by atoms with Crippen molar-refractivity contribution in [1.82, 2.24) is 24.9 Å². The largest absolute Gasteiger partial charge is 0.464 e. The van der Waals surface area contributed by atoms with E-state index in [1.54, 1.807) is 19.1 Å². The fourth-order valence-corrected chi connectivity index (χ4v) is 4.40. The van der Waals surface area contributed by atoms with Crippen LogP contribution in [0.1, 0.15) is 47.5 Å². The Hall–Kier alpha value is -4.82. The summed E-state index contributed by atoms with van der Waals surface area (Å²) in [5.74, 6) is -1.51. The number of hydrogen-bond acceptors (Lipinski definition) is 7. The SMILES string of the molecule is CCCOC(=O)C(c1cnc(-c2ccc(C(F)(F)F)cc2C(F)(F)F)nc1)N1Cc2[nH]c(-c3ccccc3F)nc2C=N1. The summed E-state index contributed by atoms with van der Waals surface area (Å²) in [7, 11) is 0. The van der Waals surface area contributed by atoms with E-state index in [1.165, 1.54) is 23.4 Å². The van der Waals surface area contributed by atoms with Crippen LogP contribution >= 0.6 is 0 Å². The van der Waals surface area contributed by atoms with Gasteiger partial charge in [-0.05, 0) is 36.8 Å². The number of rotatable bonds is 7. The van der Waals surface area contributed by atoms with Crippen LogP contribution in [0.3, 0.4) is 0 Å². The van der Waals surface area contributed by atoms with Gasteiger partial charge in [0.2, 0.25) is 0 Å². The second kappa shape index (κ2) is 11.5. The number of halogens is 7. The highest BCUT2D eigenvalue weighted by molar-refractivity contribution is 5.82. The van der Waals surface area contributed by atoms with Crippen LogP contribution in [-0.4, -0.2) is 43.7 Å². The van der Waals surface area contributed by atoms with E-state index in [-0.39, 0.29) is 36.2 Å². The molecular weight excluding hydrogens is 585 g/mol. The summed E-state index contributed by atoms with van der Waals surface area (Å²) < 4.78 is 100.0. The van der Waals surface area contributed by atoms with E-state index in [2.05, 4.69) is 25.0 Å². The van der Waals surface area contributed by atoms with E-state index in [0.29, 0.717) is 29.9 Å². The van der Waals surface area contributed by atoms with Gasteiger partial charge < -0.3 is 9.72 Å². The summed E-state index contributed by atoms with van der Waals surface area (Å²) in [6.45, 7) is 1.83. The summed E-state index contributed by atoms with van der Waals surface area (Å²) >= 11 is 0.